The minimum absolute atomic E-state index is 0.0317. The molecule has 5 heteroatoms. The number of hydrogen-bond donors (Lipinski definition) is 2. The average Bonchev–Trinajstić information content (AvgIpc) is 2.02. The number of aliphatic carboxylic acids is 1. The number of ether oxygens (including phenoxy) is 1. The van der Waals surface area contributed by atoms with Crippen LogP contribution in [0.2, 0.25) is 0 Å². The van der Waals surface area contributed by atoms with Crippen molar-refractivity contribution < 1.29 is 19.4 Å². The van der Waals surface area contributed by atoms with Crippen molar-refractivity contribution in [2.75, 3.05) is 6.61 Å². The Kier molecular flexibility index (Phi) is 6.74. The second-order valence-electron chi connectivity index (χ2n) is 3.14. The first-order valence-electron chi connectivity index (χ1n) is 4.69. The zero-order valence-corrected chi connectivity index (χ0v) is 8.36. The lowest BCUT2D eigenvalue weighted by atomic mass is 10.1. The SMILES string of the molecule is CCCCOC(=O)C[C@@H](N)CC(=O)O. The van der Waals surface area contributed by atoms with Crippen molar-refractivity contribution in [1.29, 1.82) is 0 Å². The summed E-state index contributed by atoms with van der Waals surface area (Å²) in [6.07, 6.45) is 1.53. The first-order chi connectivity index (χ1) is 6.56. The molecule has 0 bridgehead atoms. The average molecular weight is 203 g/mol. The number of carboxylic acids is 1. The largest absolute Gasteiger partial charge is 0.481 e. The van der Waals surface area contributed by atoms with Gasteiger partial charge in [-0.3, -0.25) is 9.59 Å². The van der Waals surface area contributed by atoms with Gasteiger partial charge >= 0.3 is 11.9 Å². The minimum Gasteiger partial charge on any atom is -0.481 e. The number of carbonyl (C=O) groups excluding carboxylic acids is 1. The molecular weight excluding hydrogens is 186 g/mol. The quantitative estimate of drug-likeness (QED) is 0.465. The van der Waals surface area contributed by atoms with Crippen LogP contribution >= 0.6 is 0 Å². The molecule has 1 atom stereocenters. The topological polar surface area (TPSA) is 89.6 Å². The molecule has 0 aromatic rings. The van der Waals surface area contributed by atoms with Gasteiger partial charge in [-0.2, -0.15) is 0 Å². The maximum atomic E-state index is 11.0. The molecule has 0 unspecified atom stereocenters. The van der Waals surface area contributed by atoms with E-state index in [1.165, 1.54) is 0 Å². The van der Waals surface area contributed by atoms with Crippen molar-refractivity contribution in [1.82, 2.24) is 0 Å². The number of rotatable bonds is 7. The van der Waals surface area contributed by atoms with E-state index in [9.17, 15) is 9.59 Å². The monoisotopic (exact) mass is 203 g/mol. The summed E-state index contributed by atoms with van der Waals surface area (Å²) >= 11 is 0. The Morgan fingerprint density at radius 3 is 2.57 bits per heavy atom. The van der Waals surface area contributed by atoms with Crippen molar-refractivity contribution in [3.63, 3.8) is 0 Å². The molecule has 0 rings (SSSR count). The number of unbranched alkanes of at least 4 members (excludes halogenated alkanes) is 1. The van der Waals surface area contributed by atoms with E-state index >= 15 is 0 Å². The van der Waals surface area contributed by atoms with Crippen molar-refractivity contribution in [3.05, 3.63) is 0 Å². The van der Waals surface area contributed by atoms with E-state index in [-0.39, 0.29) is 12.8 Å². The van der Waals surface area contributed by atoms with Crippen LogP contribution in [-0.4, -0.2) is 29.7 Å². The van der Waals surface area contributed by atoms with Crippen LogP contribution in [0.1, 0.15) is 32.6 Å². The molecule has 0 spiro atoms. The molecule has 0 amide bonds. The summed E-state index contributed by atoms with van der Waals surface area (Å²) in [5.41, 5.74) is 5.40. The molecule has 0 aromatic carbocycles. The van der Waals surface area contributed by atoms with Crippen LogP contribution in [0.15, 0.2) is 0 Å². The zero-order valence-electron chi connectivity index (χ0n) is 8.36. The lowest BCUT2D eigenvalue weighted by molar-refractivity contribution is -0.144. The van der Waals surface area contributed by atoms with Crippen molar-refractivity contribution >= 4 is 11.9 Å². The van der Waals surface area contributed by atoms with Crippen LogP contribution in [0.4, 0.5) is 0 Å². The first kappa shape index (κ1) is 12.9. The fourth-order valence-electron chi connectivity index (χ4n) is 0.900. The summed E-state index contributed by atoms with van der Waals surface area (Å²) in [6.45, 7) is 2.37. The summed E-state index contributed by atoms with van der Waals surface area (Å²) in [7, 11) is 0. The molecule has 0 aliphatic rings. The summed E-state index contributed by atoms with van der Waals surface area (Å²) in [5.74, 6) is -1.42. The number of nitrogens with two attached hydrogens (primary N) is 1. The van der Waals surface area contributed by atoms with E-state index in [4.69, 9.17) is 15.6 Å². The minimum atomic E-state index is -1.00. The Morgan fingerprint density at radius 2 is 2.07 bits per heavy atom. The highest BCUT2D eigenvalue weighted by Gasteiger charge is 2.13. The maximum Gasteiger partial charge on any atom is 0.307 e. The fraction of sp³-hybridized carbons (Fsp3) is 0.778. The highest BCUT2D eigenvalue weighted by molar-refractivity contribution is 5.72. The van der Waals surface area contributed by atoms with Crippen LogP contribution in [0.25, 0.3) is 0 Å². The highest BCUT2D eigenvalue weighted by atomic mass is 16.5. The Morgan fingerprint density at radius 1 is 1.43 bits per heavy atom. The first-order valence-corrected chi connectivity index (χ1v) is 4.69. The lowest BCUT2D eigenvalue weighted by Crippen LogP contribution is -2.27. The molecule has 5 nitrogen and oxygen atoms in total. The van der Waals surface area contributed by atoms with E-state index in [0.29, 0.717) is 6.61 Å². The highest BCUT2D eigenvalue weighted by Crippen LogP contribution is 1.98. The summed E-state index contributed by atoms with van der Waals surface area (Å²) in [5, 5.41) is 8.38. The van der Waals surface area contributed by atoms with Crippen LogP contribution in [0.3, 0.4) is 0 Å². The van der Waals surface area contributed by atoms with Crippen LogP contribution in [0.5, 0.6) is 0 Å². The molecule has 0 aliphatic carbocycles. The Hall–Kier alpha value is -1.10. The van der Waals surface area contributed by atoms with E-state index in [2.05, 4.69) is 0 Å². The third-order valence-electron chi connectivity index (χ3n) is 1.63. The standard InChI is InChI=1S/C9H17NO4/c1-2-3-4-14-9(13)6-7(10)5-8(11)12/h7H,2-6,10H2,1H3,(H,11,12)/t7-/m0/s1. The number of esters is 1. The Bertz CT molecular complexity index is 193. The predicted molar refractivity (Wildman–Crippen MR) is 50.7 cm³/mol. The molecule has 82 valence electrons. The lowest BCUT2D eigenvalue weighted by Gasteiger charge is -2.08. The van der Waals surface area contributed by atoms with Crippen LogP contribution in [-0.2, 0) is 14.3 Å². The van der Waals surface area contributed by atoms with Crippen LogP contribution in [0, 0.1) is 0 Å². The molecule has 0 saturated carbocycles. The normalized spacial score (nSPS) is 12.1. The van der Waals surface area contributed by atoms with E-state index in [0.717, 1.165) is 12.8 Å². The molecule has 14 heavy (non-hydrogen) atoms. The summed E-state index contributed by atoms with van der Waals surface area (Å²) < 4.78 is 4.82. The van der Waals surface area contributed by atoms with Gasteiger partial charge in [0, 0.05) is 6.04 Å². The summed E-state index contributed by atoms with van der Waals surface area (Å²) in [4.78, 5) is 21.2. The van der Waals surface area contributed by atoms with E-state index < -0.39 is 18.0 Å². The van der Waals surface area contributed by atoms with Crippen molar-refractivity contribution in [3.8, 4) is 0 Å². The van der Waals surface area contributed by atoms with Gasteiger partial charge in [-0.15, -0.1) is 0 Å². The van der Waals surface area contributed by atoms with Crippen molar-refractivity contribution in [2.24, 2.45) is 5.73 Å². The van der Waals surface area contributed by atoms with Crippen molar-refractivity contribution in [2.45, 2.75) is 38.6 Å². The maximum absolute atomic E-state index is 11.0. The Balaban J connectivity index is 3.55. The van der Waals surface area contributed by atoms with Crippen LogP contribution < -0.4 is 5.73 Å². The van der Waals surface area contributed by atoms with Gasteiger partial charge in [-0.05, 0) is 6.42 Å². The third kappa shape index (κ3) is 7.54. The number of carbonyl (C=O) groups is 2. The molecule has 0 aliphatic heterocycles. The van der Waals surface area contributed by atoms with Gasteiger partial charge in [-0.25, -0.2) is 0 Å². The predicted octanol–water partition coefficient (Wildman–Crippen LogP) is 0.522. The van der Waals surface area contributed by atoms with Gasteiger partial charge in [0.1, 0.15) is 0 Å². The van der Waals surface area contributed by atoms with Gasteiger partial charge < -0.3 is 15.6 Å². The smallest absolute Gasteiger partial charge is 0.307 e. The second-order valence-corrected chi connectivity index (χ2v) is 3.14. The molecule has 0 saturated heterocycles. The van der Waals surface area contributed by atoms with E-state index in [1.54, 1.807) is 0 Å². The van der Waals surface area contributed by atoms with Gasteiger partial charge in [-0.1, -0.05) is 13.3 Å². The van der Waals surface area contributed by atoms with Gasteiger partial charge in [0.2, 0.25) is 0 Å². The fourth-order valence-corrected chi connectivity index (χ4v) is 0.900. The van der Waals surface area contributed by atoms with Gasteiger partial charge in [0.25, 0.3) is 0 Å². The van der Waals surface area contributed by atoms with Gasteiger partial charge in [0.15, 0.2) is 0 Å². The molecule has 0 radical (unpaired) electrons. The summed E-state index contributed by atoms with van der Waals surface area (Å²) in [6, 6.07) is -0.651. The Labute approximate surface area is 83.2 Å². The molecule has 3 N–H and O–H groups in total. The zero-order chi connectivity index (χ0) is 11.0. The number of carboxylic acid groups (broad SMARTS) is 1. The molecule has 0 aromatic heterocycles. The number of hydrogen-bond acceptors (Lipinski definition) is 4. The molecular formula is C9H17NO4. The van der Waals surface area contributed by atoms with Gasteiger partial charge in [0.05, 0.1) is 19.4 Å². The second kappa shape index (κ2) is 7.32. The van der Waals surface area contributed by atoms with E-state index in [1.807, 2.05) is 6.92 Å². The molecule has 0 fully saturated rings. The third-order valence-corrected chi connectivity index (χ3v) is 1.63. The molecule has 0 heterocycles.